The normalized spacial score (nSPS) is 12.1. The first kappa shape index (κ1) is 14.6. The monoisotopic (exact) mass is 321 g/mol. The van der Waals surface area contributed by atoms with Crippen LogP contribution in [0.5, 0.6) is 0 Å². The van der Waals surface area contributed by atoms with Crippen molar-refractivity contribution in [1.82, 2.24) is 4.31 Å². The van der Waals surface area contributed by atoms with Gasteiger partial charge in [0.1, 0.15) is 0 Å². The van der Waals surface area contributed by atoms with Gasteiger partial charge in [0, 0.05) is 25.2 Å². The number of hydrogen-bond donors (Lipinski definition) is 0. The van der Waals surface area contributed by atoms with E-state index < -0.39 is 10.0 Å². The molecule has 0 aliphatic carbocycles. The van der Waals surface area contributed by atoms with E-state index in [4.69, 9.17) is 4.74 Å². The summed E-state index contributed by atoms with van der Waals surface area (Å²) in [6.07, 6.45) is 0. The summed E-state index contributed by atoms with van der Waals surface area (Å²) < 4.78 is 31.2. The van der Waals surface area contributed by atoms with Crippen molar-refractivity contribution in [1.29, 1.82) is 0 Å². The van der Waals surface area contributed by atoms with Gasteiger partial charge >= 0.3 is 0 Å². The van der Waals surface area contributed by atoms with Crippen LogP contribution in [0.1, 0.15) is 5.56 Å². The van der Waals surface area contributed by atoms with Gasteiger partial charge in [-0.2, -0.15) is 4.31 Å². The summed E-state index contributed by atoms with van der Waals surface area (Å²) in [5.41, 5.74) is 1.00. The highest BCUT2D eigenvalue weighted by Gasteiger charge is 2.20. The third kappa shape index (κ3) is 3.51. The van der Waals surface area contributed by atoms with E-state index in [0.717, 1.165) is 10.0 Å². The first-order chi connectivity index (χ1) is 7.89. The number of benzene rings is 1. The predicted octanol–water partition coefficient (Wildman–Crippen LogP) is 2.02. The Morgan fingerprint density at radius 1 is 1.41 bits per heavy atom. The average molecular weight is 322 g/mol. The summed E-state index contributed by atoms with van der Waals surface area (Å²) in [4.78, 5) is 0.286. The summed E-state index contributed by atoms with van der Waals surface area (Å²) in [6, 6.07) is 5.01. The molecule has 96 valence electrons. The zero-order valence-electron chi connectivity index (χ0n) is 10.1. The zero-order chi connectivity index (χ0) is 13.1. The van der Waals surface area contributed by atoms with Gasteiger partial charge in [-0.3, -0.25) is 0 Å². The SMILES string of the molecule is COCCN(C)S(=O)(=O)c1ccc(C)c(Br)c1. The number of rotatable bonds is 5. The fraction of sp³-hybridized carbons (Fsp3) is 0.455. The summed E-state index contributed by atoms with van der Waals surface area (Å²) in [6.45, 7) is 2.63. The fourth-order valence-corrected chi connectivity index (χ4v) is 2.97. The Morgan fingerprint density at radius 3 is 2.59 bits per heavy atom. The molecule has 0 saturated heterocycles. The molecular weight excluding hydrogens is 306 g/mol. The lowest BCUT2D eigenvalue weighted by molar-refractivity contribution is 0.185. The van der Waals surface area contributed by atoms with Gasteiger partial charge in [-0.25, -0.2) is 8.42 Å². The molecule has 0 atom stereocenters. The minimum atomic E-state index is -3.43. The molecule has 17 heavy (non-hydrogen) atoms. The molecule has 6 heteroatoms. The second-order valence-electron chi connectivity index (χ2n) is 3.73. The molecule has 0 N–H and O–H groups in total. The van der Waals surface area contributed by atoms with Crippen LogP contribution in [0, 0.1) is 6.92 Å². The summed E-state index contributed by atoms with van der Waals surface area (Å²) >= 11 is 3.33. The molecule has 0 fully saturated rings. The van der Waals surface area contributed by atoms with Crippen LogP contribution in [0.25, 0.3) is 0 Å². The van der Waals surface area contributed by atoms with Crippen LogP contribution in [-0.2, 0) is 14.8 Å². The van der Waals surface area contributed by atoms with E-state index in [1.165, 1.54) is 4.31 Å². The number of likely N-dealkylation sites (N-methyl/N-ethyl adjacent to an activating group) is 1. The maximum atomic E-state index is 12.2. The topological polar surface area (TPSA) is 46.6 Å². The molecule has 0 saturated carbocycles. The van der Waals surface area contributed by atoms with Gasteiger partial charge in [0.15, 0.2) is 0 Å². The molecule has 0 aliphatic heterocycles. The number of halogens is 1. The van der Waals surface area contributed by atoms with Gasteiger partial charge in [0.2, 0.25) is 10.0 Å². The molecule has 0 amide bonds. The lowest BCUT2D eigenvalue weighted by Crippen LogP contribution is -2.30. The average Bonchev–Trinajstić information content (AvgIpc) is 2.29. The van der Waals surface area contributed by atoms with Crippen LogP contribution >= 0.6 is 15.9 Å². The molecule has 1 aromatic carbocycles. The molecule has 0 heterocycles. The zero-order valence-corrected chi connectivity index (χ0v) is 12.5. The fourth-order valence-electron chi connectivity index (χ4n) is 1.25. The van der Waals surface area contributed by atoms with E-state index in [0.29, 0.717) is 13.2 Å². The Bertz CT molecular complexity index is 487. The van der Waals surface area contributed by atoms with Crippen LogP contribution in [0.4, 0.5) is 0 Å². The standard InChI is InChI=1S/C11H16BrNO3S/c1-9-4-5-10(8-11(9)12)17(14,15)13(2)6-7-16-3/h4-5,8H,6-7H2,1-3H3. The van der Waals surface area contributed by atoms with Crippen molar-refractivity contribution in [2.75, 3.05) is 27.3 Å². The molecular formula is C11H16BrNO3S. The van der Waals surface area contributed by atoms with Gasteiger partial charge < -0.3 is 4.74 Å². The van der Waals surface area contributed by atoms with Gasteiger partial charge in [0.05, 0.1) is 11.5 Å². The predicted molar refractivity (Wildman–Crippen MR) is 70.6 cm³/mol. The highest BCUT2D eigenvalue weighted by molar-refractivity contribution is 9.10. The van der Waals surface area contributed by atoms with Crippen LogP contribution < -0.4 is 0 Å². The molecule has 0 bridgehead atoms. The minimum absolute atomic E-state index is 0.286. The van der Waals surface area contributed by atoms with E-state index in [2.05, 4.69) is 15.9 Å². The van der Waals surface area contributed by atoms with Crippen molar-refractivity contribution < 1.29 is 13.2 Å². The van der Waals surface area contributed by atoms with Crippen molar-refractivity contribution in [2.45, 2.75) is 11.8 Å². The number of sulfonamides is 1. The number of nitrogens with zero attached hydrogens (tertiary/aromatic N) is 1. The largest absolute Gasteiger partial charge is 0.383 e. The lowest BCUT2D eigenvalue weighted by atomic mass is 10.2. The number of ether oxygens (including phenoxy) is 1. The van der Waals surface area contributed by atoms with E-state index >= 15 is 0 Å². The van der Waals surface area contributed by atoms with Crippen LogP contribution in [0.3, 0.4) is 0 Å². The Balaban J connectivity index is 3.00. The van der Waals surface area contributed by atoms with Crippen molar-refractivity contribution in [2.24, 2.45) is 0 Å². The molecule has 0 spiro atoms. The third-order valence-electron chi connectivity index (χ3n) is 2.46. The Kier molecular flexibility index (Phi) is 5.12. The van der Waals surface area contributed by atoms with Crippen molar-refractivity contribution >= 4 is 26.0 Å². The molecule has 0 radical (unpaired) electrons. The summed E-state index contributed by atoms with van der Waals surface area (Å²) in [5, 5.41) is 0. The summed E-state index contributed by atoms with van der Waals surface area (Å²) in [7, 11) is -0.339. The first-order valence-corrected chi connectivity index (χ1v) is 7.34. The van der Waals surface area contributed by atoms with Gasteiger partial charge in [0.25, 0.3) is 0 Å². The third-order valence-corrected chi connectivity index (χ3v) is 5.17. The van der Waals surface area contributed by atoms with E-state index in [1.807, 2.05) is 6.92 Å². The Hall–Kier alpha value is -0.430. The number of hydrogen-bond acceptors (Lipinski definition) is 3. The van der Waals surface area contributed by atoms with Crippen molar-refractivity contribution in [3.05, 3.63) is 28.2 Å². The molecule has 0 aromatic heterocycles. The minimum Gasteiger partial charge on any atom is -0.383 e. The van der Waals surface area contributed by atoms with Crippen LogP contribution in [0.15, 0.2) is 27.6 Å². The van der Waals surface area contributed by atoms with Gasteiger partial charge in [-0.15, -0.1) is 0 Å². The van der Waals surface area contributed by atoms with E-state index in [1.54, 1.807) is 32.4 Å². The van der Waals surface area contributed by atoms with Crippen molar-refractivity contribution in [3.63, 3.8) is 0 Å². The maximum Gasteiger partial charge on any atom is 0.242 e. The summed E-state index contributed by atoms with van der Waals surface area (Å²) in [5.74, 6) is 0. The Labute approximate surface area is 111 Å². The maximum absolute atomic E-state index is 12.2. The van der Waals surface area contributed by atoms with E-state index in [9.17, 15) is 8.42 Å². The second-order valence-corrected chi connectivity index (χ2v) is 6.63. The van der Waals surface area contributed by atoms with E-state index in [-0.39, 0.29) is 4.90 Å². The van der Waals surface area contributed by atoms with Crippen molar-refractivity contribution in [3.8, 4) is 0 Å². The van der Waals surface area contributed by atoms with Gasteiger partial charge in [-0.05, 0) is 24.6 Å². The first-order valence-electron chi connectivity index (χ1n) is 5.11. The highest BCUT2D eigenvalue weighted by Crippen LogP contribution is 2.22. The molecule has 4 nitrogen and oxygen atoms in total. The van der Waals surface area contributed by atoms with Gasteiger partial charge in [-0.1, -0.05) is 22.0 Å². The molecule has 1 rings (SSSR count). The van der Waals surface area contributed by atoms with Crippen LogP contribution in [-0.4, -0.2) is 40.0 Å². The highest BCUT2D eigenvalue weighted by atomic mass is 79.9. The number of methoxy groups -OCH3 is 1. The smallest absolute Gasteiger partial charge is 0.242 e. The Morgan fingerprint density at radius 2 is 2.06 bits per heavy atom. The number of aryl methyl sites for hydroxylation is 1. The molecule has 0 unspecified atom stereocenters. The second kappa shape index (κ2) is 5.95. The lowest BCUT2D eigenvalue weighted by Gasteiger charge is -2.17. The van der Waals surface area contributed by atoms with Crippen LogP contribution in [0.2, 0.25) is 0 Å². The molecule has 1 aromatic rings. The molecule has 0 aliphatic rings. The quantitative estimate of drug-likeness (QED) is 0.833.